The van der Waals surface area contributed by atoms with E-state index < -0.39 is 10.0 Å². The van der Waals surface area contributed by atoms with Crippen LogP contribution in [0.1, 0.15) is 33.6 Å². The molecule has 2 aliphatic rings. The second-order valence-electron chi connectivity index (χ2n) is 8.44. The lowest BCUT2D eigenvalue weighted by Crippen LogP contribution is -2.49. The zero-order chi connectivity index (χ0) is 23.0. The number of hydrogen-bond acceptors (Lipinski definition) is 6. The van der Waals surface area contributed by atoms with E-state index in [4.69, 9.17) is 9.72 Å². The number of nitrogens with zero attached hydrogens (tertiary/aromatic N) is 4. The molecular formula is C23H30N4O4S. The topological polar surface area (TPSA) is 83.0 Å². The number of amides is 1. The molecule has 4 rings (SSSR count). The van der Waals surface area contributed by atoms with Crippen LogP contribution in [-0.4, -0.2) is 69.8 Å². The van der Waals surface area contributed by atoms with Crippen LogP contribution in [-0.2, 0) is 10.0 Å². The van der Waals surface area contributed by atoms with Crippen LogP contribution in [0, 0.1) is 20.8 Å². The maximum absolute atomic E-state index is 13.2. The summed E-state index contributed by atoms with van der Waals surface area (Å²) < 4.78 is 31.3. The molecular weight excluding hydrogens is 428 g/mol. The van der Waals surface area contributed by atoms with Crippen LogP contribution in [0.25, 0.3) is 0 Å². The highest BCUT2D eigenvalue weighted by Gasteiger charge is 2.30. The lowest BCUT2D eigenvalue weighted by atomic mass is 10.1. The fourth-order valence-corrected chi connectivity index (χ4v) is 5.94. The third-order valence-electron chi connectivity index (χ3n) is 6.30. The van der Waals surface area contributed by atoms with Crippen molar-refractivity contribution < 1.29 is 17.9 Å². The lowest BCUT2D eigenvalue weighted by molar-refractivity contribution is 0.0743. The summed E-state index contributed by atoms with van der Waals surface area (Å²) in [5.74, 6) is 1.41. The van der Waals surface area contributed by atoms with Gasteiger partial charge in [-0.3, -0.25) is 9.10 Å². The molecule has 1 aromatic heterocycles. The van der Waals surface area contributed by atoms with Crippen LogP contribution in [0.15, 0.2) is 24.3 Å². The van der Waals surface area contributed by atoms with E-state index in [1.165, 1.54) is 17.0 Å². The Kier molecular flexibility index (Phi) is 6.03. The van der Waals surface area contributed by atoms with E-state index >= 15 is 0 Å². The molecule has 2 aromatic rings. The molecule has 0 aliphatic carbocycles. The SMILES string of the molecule is COc1cc(N2CCCS2(=O)=O)ccc1C(=O)N1CCN(c2nc(C)c(C)cc2C)CC1. The summed E-state index contributed by atoms with van der Waals surface area (Å²) in [6, 6.07) is 7.17. The quantitative estimate of drug-likeness (QED) is 0.700. The first-order valence-electron chi connectivity index (χ1n) is 10.9. The first-order chi connectivity index (χ1) is 15.2. The van der Waals surface area contributed by atoms with Gasteiger partial charge in [-0.1, -0.05) is 6.07 Å². The number of anilines is 2. The summed E-state index contributed by atoms with van der Waals surface area (Å²) in [4.78, 5) is 22.0. The molecule has 2 saturated heterocycles. The van der Waals surface area contributed by atoms with Gasteiger partial charge in [-0.15, -0.1) is 0 Å². The molecule has 32 heavy (non-hydrogen) atoms. The van der Waals surface area contributed by atoms with Crippen molar-refractivity contribution >= 4 is 27.4 Å². The third kappa shape index (κ3) is 4.13. The van der Waals surface area contributed by atoms with Crippen molar-refractivity contribution in [2.75, 3.05) is 54.8 Å². The zero-order valence-corrected chi connectivity index (χ0v) is 19.9. The van der Waals surface area contributed by atoms with Gasteiger partial charge >= 0.3 is 0 Å². The summed E-state index contributed by atoms with van der Waals surface area (Å²) in [6.07, 6.45) is 0.602. The van der Waals surface area contributed by atoms with Crippen LogP contribution in [0.2, 0.25) is 0 Å². The molecule has 1 aromatic carbocycles. The molecule has 2 fully saturated rings. The van der Waals surface area contributed by atoms with E-state index in [1.807, 2.05) is 11.8 Å². The predicted octanol–water partition coefficient (Wildman–Crippen LogP) is 2.52. The van der Waals surface area contributed by atoms with Gasteiger partial charge < -0.3 is 14.5 Å². The monoisotopic (exact) mass is 458 g/mol. The molecule has 0 atom stereocenters. The Morgan fingerprint density at radius 3 is 2.34 bits per heavy atom. The summed E-state index contributed by atoms with van der Waals surface area (Å²) in [6.45, 7) is 9.17. The van der Waals surface area contributed by atoms with Gasteiger partial charge in [0, 0.05) is 44.5 Å². The molecule has 9 heteroatoms. The number of carbonyl (C=O) groups is 1. The summed E-state index contributed by atoms with van der Waals surface area (Å²) in [7, 11) is -1.79. The summed E-state index contributed by atoms with van der Waals surface area (Å²) in [5, 5.41) is 0. The number of benzene rings is 1. The van der Waals surface area contributed by atoms with Crippen molar-refractivity contribution in [2.24, 2.45) is 0 Å². The van der Waals surface area contributed by atoms with Gasteiger partial charge in [-0.05, 0) is 50.5 Å². The Morgan fingerprint density at radius 2 is 1.72 bits per heavy atom. The standard InChI is InChI=1S/C23H30N4O4S/c1-16-14-17(2)22(24-18(16)3)25-9-11-26(12-10-25)23(28)20-7-6-19(15-21(20)31-4)27-8-5-13-32(27,29)30/h6-7,14-15H,5,8-13H2,1-4H3. The predicted molar refractivity (Wildman–Crippen MR) is 125 cm³/mol. The Morgan fingerprint density at radius 1 is 1.00 bits per heavy atom. The molecule has 3 heterocycles. The highest BCUT2D eigenvalue weighted by atomic mass is 32.2. The van der Waals surface area contributed by atoms with Gasteiger partial charge in [0.05, 0.1) is 24.1 Å². The minimum Gasteiger partial charge on any atom is -0.496 e. The maximum atomic E-state index is 13.2. The van der Waals surface area contributed by atoms with Crippen LogP contribution in [0.4, 0.5) is 11.5 Å². The molecule has 0 bridgehead atoms. The van der Waals surface area contributed by atoms with Crippen LogP contribution in [0.5, 0.6) is 5.75 Å². The first-order valence-corrected chi connectivity index (χ1v) is 12.5. The lowest BCUT2D eigenvalue weighted by Gasteiger charge is -2.36. The minimum absolute atomic E-state index is 0.109. The average Bonchev–Trinajstić information content (AvgIpc) is 3.14. The number of sulfonamides is 1. The number of aromatic nitrogens is 1. The van der Waals surface area contributed by atoms with E-state index in [-0.39, 0.29) is 11.7 Å². The van der Waals surface area contributed by atoms with Crippen molar-refractivity contribution in [3.8, 4) is 5.75 Å². The van der Waals surface area contributed by atoms with E-state index in [9.17, 15) is 13.2 Å². The fourth-order valence-electron chi connectivity index (χ4n) is 4.38. The maximum Gasteiger partial charge on any atom is 0.257 e. The Hall–Kier alpha value is -2.81. The summed E-state index contributed by atoms with van der Waals surface area (Å²) >= 11 is 0. The van der Waals surface area contributed by atoms with E-state index in [1.54, 1.807) is 18.2 Å². The molecule has 2 aliphatic heterocycles. The van der Waals surface area contributed by atoms with Crippen LogP contribution >= 0.6 is 0 Å². The first kappa shape index (κ1) is 22.4. The fraction of sp³-hybridized carbons (Fsp3) is 0.478. The van der Waals surface area contributed by atoms with Crippen LogP contribution < -0.4 is 13.9 Å². The normalized spacial score (nSPS) is 18.2. The zero-order valence-electron chi connectivity index (χ0n) is 19.1. The van der Waals surface area contributed by atoms with E-state index in [0.29, 0.717) is 56.1 Å². The third-order valence-corrected chi connectivity index (χ3v) is 8.17. The van der Waals surface area contributed by atoms with Crippen molar-refractivity contribution in [1.29, 1.82) is 0 Å². The minimum atomic E-state index is -3.29. The Balaban J connectivity index is 1.49. The molecule has 1 amide bonds. The second kappa shape index (κ2) is 8.61. The van der Waals surface area contributed by atoms with Gasteiger partial charge in [0.25, 0.3) is 5.91 Å². The van der Waals surface area contributed by atoms with Gasteiger partial charge in [0.1, 0.15) is 11.6 Å². The molecule has 0 saturated carbocycles. The molecule has 0 N–H and O–H groups in total. The van der Waals surface area contributed by atoms with E-state index in [2.05, 4.69) is 24.8 Å². The highest BCUT2D eigenvalue weighted by molar-refractivity contribution is 7.93. The summed E-state index contributed by atoms with van der Waals surface area (Å²) in [5.41, 5.74) is 4.33. The number of pyridine rings is 1. The number of methoxy groups -OCH3 is 1. The van der Waals surface area contributed by atoms with Crippen molar-refractivity contribution in [2.45, 2.75) is 27.2 Å². The van der Waals surface area contributed by atoms with Gasteiger partial charge in [-0.2, -0.15) is 0 Å². The number of rotatable bonds is 4. The van der Waals surface area contributed by atoms with Gasteiger partial charge in [-0.25, -0.2) is 13.4 Å². The molecule has 0 spiro atoms. The molecule has 0 radical (unpaired) electrons. The van der Waals surface area contributed by atoms with Crippen LogP contribution in [0.3, 0.4) is 0 Å². The number of hydrogen-bond donors (Lipinski definition) is 0. The molecule has 0 unspecified atom stereocenters. The Labute approximate surface area is 189 Å². The van der Waals surface area contributed by atoms with Crippen molar-refractivity contribution in [3.05, 3.63) is 46.6 Å². The van der Waals surface area contributed by atoms with Crippen molar-refractivity contribution in [3.63, 3.8) is 0 Å². The molecule has 172 valence electrons. The smallest absolute Gasteiger partial charge is 0.257 e. The second-order valence-corrected chi connectivity index (χ2v) is 10.4. The number of carbonyl (C=O) groups excluding carboxylic acids is 1. The molecule has 8 nitrogen and oxygen atoms in total. The van der Waals surface area contributed by atoms with Gasteiger partial charge in [0.2, 0.25) is 10.0 Å². The van der Waals surface area contributed by atoms with E-state index in [0.717, 1.165) is 17.1 Å². The largest absolute Gasteiger partial charge is 0.496 e. The Bertz CT molecular complexity index is 1140. The number of ether oxygens (including phenoxy) is 1. The van der Waals surface area contributed by atoms with Crippen molar-refractivity contribution in [1.82, 2.24) is 9.88 Å². The highest BCUT2D eigenvalue weighted by Crippen LogP contribution is 2.31. The average molecular weight is 459 g/mol. The number of aryl methyl sites for hydroxylation is 3. The van der Waals surface area contributed by atoms with Gasteiger partial charge in [0.15, 0.2) is 0 Å². The number of piperazine rings is 1.